The van der Waals surface area contributed by atoms with Crippen molar-refractivity contribution < 1.29 is 26.7 Å². The summed E-state index contributed by atoms with van der Waals surface area (Å²) in [5.41, 5.74) is -0.102. The van der Waals surface area contributed by atoms with Crippen LogP contribution in [0.3, 0.4) is 0 Å². The van der Waals surface area contributed by atoms with Gasteiger partial charge in [0.15, 0.2) is 0 Å². The van der Waals surface area contributed by atoms with Gasteiger partial charge in [-0.05, 0) is 30.7 Å². The number of aryl methyl sites for hydroxylation is 1. The minimum Gasteiger partial charge on any atom is -0.496 e. The van der Waals surface area contributed by atoms with Gasteiger partial charge in [0.1, 0.15) is 33.7 Å². The van der Waals surface area contributed by atoms with Crippen molar-refractivity contribution in [1.29, 1.82) is 0 Å². The molecule has 0 bridgehead atoms. The van der Waals surface area contributed by atoms with E-state index in [0.717, 1.165) is 18.2 Å². The number of sulfonamides is 1. The monoisotopic (exact) mass is 343 g/mol. The summed E-state index contributed by atoms with van der Waals surface area (Å²) in [4.78, 5) is -0.287. The maximum absolute atomic E-state index is 13.7. The molecule has 0 spiro atoms. The third-order valence-corrected chi connectivity index (χ3v) is 4.54. The van der Waals surface area contributed by atoms with Gasteiger partial charge >= 0.3 is 0 Å². The van der Waals surface area contributed by atoms with E-state index in [9.17, 15) is 17.2 Å². The molecule has 23 heavy (non-hydrogen) atoms. The molecule has 0 aliphatic carbocycles. The summed E-state index contributed by atoms with van der Waals surface area (Å²) < 4.78 is 64.3. The second kappa shape index (κ2) is 6.41. The van der Waals surface area contributed by atoms with Gasteiger partial charge in [-0.15, -0.1) is 0 Å². The van der Waals surface area contributed by atoms with E-state index >= 15 is 0 Å². The fourth-order valence-corrected chi connectivity index (χ4v) is 3.26. The number of rotatable bonds is 5. The Morgan fingerprint density at radius 3 is 2.09 bits per heavy atom. The van der Waals surface area contributed by atoms with Crippen LogP contribution in [0.25, 0.3) is 0 Å². The molecule has 0 heterocycles. The van der Waals surface area contributed by atoms with Crippen LogP contribution < -0.4 is 14.2 Å². The molecule has 0 radical (unpaired) electrons. The molecule has 0 atom stereocenters. The minimum absolute atomic E-state index is 0.0348. The zero-order chi connectivity index (χ0) is 17.2. The highest BCUT2D eigenvalue weighted by atomic mass is 32.2. The smallest absolute Gasteiger partial charge is 0.265 e. The molecule has 5 nitrogen and oxygen atoms in total. The number of para-hydroxylation sites is 1. The van der Waals surface area contributed by atoms with Crippen LogP contribution in [0.15, 0.2) is 35.2 Å². The number of nitrogens with one attached hydrogen (secondary N) is 1. The second-order valence-corrected chi connectivity index (χ2v) is 6.33. The molecule has 0 saturated carbocycles. The van der Waals surface area contributed by atoms with Crippen LogP contribution in [0.5, 0.6) is 11.5 Å². The summed E-state index contributed by atoms with van der Waals surface area (Å²) in [6, 6.07) is 5.74. The van der Waals surface area contributed by atoms with Gasteiger partial charge < -0.3 is 9.47 Å². The summed E-state index contributed by atoms with van der Waals surface area (Å²) >= 11 is 0. The van der Waals surface area contributed by atoms with E-state index in [0.29, 0.717) is 11.3 Å². The standard InChI is InChI=1S/C15H15F2NO4S/c1-9-7-13(22-3)14(8-12(9)21-2)23(19,20)18-15-10(16)5-4-6-11(15)17/h4-8,18H,1-3H3. The largest absolute Gasteiger partial charge is 0.496 e. The molecule has 1 N–H and O–H groups in total. The lowest BCUT2D eigenvalue weighted by atomic mass is 10.2. The molecular weight excluding hydrogens is 328 g/mol. The lowest BCUT2D eigenvalue weighted by molar-refractivity contribution is 0.390. The number of anilines is 1. The van der Waals surface area contributed by atoms with E-state index in [-0.39, 0.29) is 10.6 Å². The van der Waals surface area contributed by atoms with Gasteiger partial charge in [-0.2, -0.15) is 0 Å². The molecular formula is C15H15F2NO4S. The van der Waals surface area contributed by atoms with Crippen LogP contribution in [-0.2, 0) is 10.0 Å². The fourth-order valence-electron chi connectivity index (χ4n) is 2.02. The zero-order valence-electron chi connectivity index (χ0n) is 12.7. The highest BCUT2D eigenvalue weighted by Gasteiger charge is 2.24. The molecule has 0 unspecified atom stereocenters. The van der Waals surface area contributed by atoms with Crippen molar-refractivity contribution in [3.05, 3.63) is 47.5 Å². The first kappa shape index (κ1) is 17.0. The number of halogens is 2. The fraction of sp³-hybridized carbons (Fsp3) is 0.200. The zero-order valence-corrected chi connectivity index (χ0v) is 13.5. The summed E-state index contributed by atoms with van der Waals surface area (Å²) in [5, 5.41) is 0. The van der Waals surface area contributed by atoms with Gasteiger partial charge in [0, 0.05) is 6.07 Å². The number of hydrogen-bond acceptors (Lipinski definition) is 4. The van der Waals surface area contributed by atoms with Crippen LogP contribution in [0, 0.1) is 18.6 Å². The molecule has 124 valence electrons. The van der Waals surface area contributed by atoms with Gasteiger partial charge in [0.25, 0.3) is 10.0 Å². The first-order valence-corrected chi connectivity index (χ1v) is 7.98. The molecule has 0 amide bonds. The van der Waals surface area contributed by atoms with E-state index < -0.39 is 27.3 Å². The van der Waals surface area contributed by atoms with E-state index in [1.807, 2.05) is 4.72 Å². The van der Waals surface area contributed by atoms with Gasteiger partial charge in [-0.1, -0.05) is 6.07 Å². The molecule has 0 saturated heterocycles. The predicted octanol–water partition coefficient (Wildman–Crippen LogP) is 3.09. The van der Waals surface area contributed by atoms with Crippen molar-refractivity contribution >= 4 is 15.7 Å². The Balaban J connectivity index is 2.56. The number of benzene rings is 2. The maximum Gasteiger partial charge on any atom is 0.265 e. The van der Waals surface area contributed by atoms with Gasteiger partial charge in [0.2, 0.25) is 0 Å². The Labute approximate surface area is 132 Å². The molecule has 0 aliphatic rings. The van der Waals surface area contributed by atoms with Crippen LogP contribution in [0.1, 0.15) is 5.56 Å². The van der Waals surface area contributed by atoms with Gasteiger partial charge in [0.05, 0.1) is 14.2 Å². The lowest BCUT2D eigenvalue weighted by Gasteiger charge is -2.15. The van der Waals surface area contributed by atoms with E-state index in [2.05, 4.69) is 0 Å². The Morgan fingerprint density at radius 1 is 1.00 bits per heavy atom. The van der Waals surface area contributed by atoms with E-state index in [1.165, 1.54) is 26.4 Å². The molecule has 2 aromatic carbocycles. The molecule has 8 heteroatoms. The van der Waals surface area contributed by atoms with Crippen LogP contribution >= 0.6 is 0 Å². The first-order chi connectivity index (χ1) is 10.8. The SMILES string of the molecule is COc1cc(S(=O)(=O)Nc2c(F)cccc2F)c(OC)cc1C. The van der Waals surface area contributed by atoms with Crippen molar-refractivity contribution in [1.82, 2.24) is 0 Å². The van der Waals surface area contributed by atoms with Crippen LogP contribution in [0.4, 0.5) is 14.5 Å². The van der Waals surface area contributed by atoms with Gasteiger partial charge in [-0.3, -0.25) is 4.72 Å². The molecule has 0 aromatic heterocycles. The van der Waals surface area contributed by atoms with E-state index in [4.69, 9.17) is 9.47 Å². The summed E-state index contributed by atoms with van der Waals surface area (Å²) in [6.07, 6.45) is 0. The van der Waals surface area contributed by atoms with Crippen molar-refractivity contribution in [2.45, 2.75) is 11.8 Å². The first-order valence-electron chi connectivity index (χ1n) is 6.49. The number of hydrogen-bond donors (Lipinski definition) is 1. The maximum atomic E-state index is 13.7. The van der Waals surface area contributed by atoms with Crippen molar-refractivity contribution in [2.75, 3.05) is 18.9 Å². The van der Waals surface area contributed by atoms with Crippen molar-refractivity contribution in [3.8, 4) is 11.5 Å². The molecule has 2 aromatic rings. The molecule has 2 rings (SSSR count). The highest BCUT2D eigenvalue weighted by Crippen LogP contribution is 2.33. The average Bonchev–Trinajstić information content (AvgIpc) is 2.50. The van der Waals surface area contributed by atoms with Crippen LogP contribution in [-0.4, -0.2) is 22.6 Å². The summed E-state index contributed by atoms with van der Waals surface area (Å²) in [7, 11) is -1.61. The Bertz CT molecular complexity index is 817. The molecule has 0 aliphatic heterocycles. The van der Waals surface area contributed by atoms with E-state index in [1.54, 1.807) is 6.92 Å². The summed E-state index contributed by atoms with van der Waals surface area (Å²) in [5.74, 6) is -1.70. The number of methoxy groups -OCH3 is 2. The minimum atomic E-state index is -4.29. The Hall–Kier alpha value is -2.35. The molecule has 0 fully saturated rings. The number of ether oxygens (including phenoxy) is 2. The summed E-state index contributed by atoms with van der Waals surface area (Å²) in [6.45, 7) is 1.71. The normalized spacial score (nSPS) is 11.2. The second-order valence-electron chi connectivity index (χ2n) is 4.67. The third kappa shape index (κ3) is 3.37. The van der Waals surface area contributed by atoms with Crippen molar-refractivity contribution in [3.63, 3.8) is 0 Å². The van der Waals surface area contributed by atoms with Gasteiger partial charge in [-0.25, -0.2) is 17.2 Å². The third-order valence-electron chi connectivity index (χ3n) is 3.17. The van der Waals surface area contributed by atoms with Crippen molar-refractivity contribution in [2.24, 2.45) is 0 Å². The Morgan fingerprint density at radius 2 is 1.57 bits per heavy atom. The predicted molar refractivity (Wildman–Crippen MR) is 81.4 cm³/mol. The topological polar surface area (TPSA) is 64.6 Å². The lowest BCUT2D eigenvalue weighted by Crippen LogP contribution is -2.16. The highest BCUT2D eigenvalue weighted by molar-refractivity contribution is 7.92. The Kier molecular flexibility index (Phi) is 4.74. The quantitative estimate of drug-likeness (QED) is 0.906. The average molecular weight is 343 g/mol. The van der Waals surface area contributed by atoms with Crippen LogP contribution in [0.2, 0.25) is 0 Å².